The minimum Gasteiger partial charge on any atom is -0.461 e. The maximum Gasteiger partial charge on any atom is 1.00 e. The van der Waals surface area contributed by atoms with E-state index in [1.165, 1.54) is 47.7 Å². The Morgan fingerprint density at radius 2 is 1.85 bits per heavy atom. The van der Waals surface area contributed by atoms with Crippen molar-refractivity contribution in [2.75, 3.05) is 25.5 Å². The molecular formula is C33H52KN5S. The summed E-state index contributed by atoms with van der Waals surface area (Å²) in [7, 11) is 0. The molecule has 0 radical (unpaired) electrons. The van der Waals surface area contributed by atoms with Crippen LogP contribution in [-0.2, 0) is 6.54 Å². The SMILES string of the molecule is C=Nc1ccc(C)cc1/C(=N\CN1CCSc2ccccc2C1)NCC1(N[C-](C)CCC)CCC1.CC.CC.[K+]. The summed E-state index contributed by atoms with van der Waals surface area (Å²) in [5.41, 5.74) is 4.62. The van der Waals surface area contributed by atoms with Crippen LogP contribution in [0, 0.1) is 13.0 Å². The van der Waals surface area contributed by atoms with Crippen molar-refractivity contribution in [2.45, 2.75) is 97.5 Å². The number of thioether (sulfide) groups is 1. The van der Waals surface area contributed by atoms with E-state index in [0.29, 0.717) is 6.67 Å². The van der Waals surface area contributed by atoms with Gasteiger partial charge in [-0.2, -0.15) is 13.3 Å². The molecule has 1 fully saturated rings. The van der Waals surface area contributed by atoms with Crippen LogP contribution in [0.25, 0.3) is 0 Å². The van der Waals surface area contributed by atoms with Crippen molar-refractivity contribution in [1.82, 2.24) is 15.5 Å². The van der Waals surface area contributed by atoms with Gasteiger partial charge in [0.25, 0.3) is 0 Å². The maximum atomic E-state index is 5.16. The third-order valence-electron chi connectivity index (χ3n) is 7.05. The van der Waals surface area contributed by atoms with Crippen molar-refractivity contribution in [3.8, 4) is 0 Å². The van der Waals surface area contributed by atoms with E-state index in [9.17, 15) is 0 Å². The monoisotopic (exact) mass is 589 g/mol. The molecule has 1 saturated carbocycles. The molecule has 2 aromatic carbocycles. The summed E-state index contributed by atoms with van der Waals surface area (Å²) in [6.07, 6.45) is 5.95. The van der Waals surface area contributed by atoms with E-state index >= 15 is 0 Å². The number of hydrogen-bond donors (Lipinski definition) is 2. The number of nitrogens with zero attached hydrogens (tertiary/aromatic N) is 3. The summed E-state index contributed by atoms with van der Waals surface area (Å²) in [5, 5.41) is 7.61. The van der Waals surface area contributed by atoms with Crippen LogP contribution in [0.4, 0.5) is 5.69 Å². The number of fused-ring (bicyclic) bond motifs is 1. The summed E-state index contributed by atoms with van der Waals surface area (Å²) in [6, 6.07) is 16.4. The molecule has 5 nitrogen and oxygen atoms in total. The Hall–Kier alpha value is -0.514. The molecule has 1 aliphatic carbocycles. The van der Waals surface area contributed by atoms with Gasteiger partial charge in [0.1, 0.15) is 5.84 Å². The number of amidine groups is 1. The van der Waals surface area contributed by atoms with Gasteiger partial charge in [-0.25, -0.2) is 0 Å². The van der Waals surface area contributed by atoms with E-state index in [1.807, 2.05) is 45.5 Å². The van der Waals surface area contributed by atoms with E-state index in [2.05, 4.69) is 84.4 Å². The van der Waals surface area contributed by atoms with Crippen molar-refractivity contribution >= 4 is 30.0 Å². The Morgan fingerprint density at radius 3 is 2.50 bits per heavy atom. The number of aliphatic imine (C=N–C) groups is 2. The molecule has 0 unspecified atom stereocenters. The molecular weight excluding hydrogens is 538 g/mol. The average molecular weight is 590 g/mol. The first-order chi connectivity index (χ1) is 19.0. The van der Waals surface area contributed by atoms with Gasteiger partial charge in [0.05, 0.1) is 12.4 Å². The maximum absolute atomic E-state index is 5.16. The molecule has 0 aromatic heterocycles. The zero-order valence-electron chi connectivity index (χ0n) is 26.6. The van der Waals surface area contributed by atoms with Crippen molar-refractivity contribution in [3.05, 3.63) is 65.2 Å². The van der Waals surface area contributed by atoms with Crippen molar-refractivity contribution in [3.63, 3.8) is 0 Å². The molecule has 1 aliphatic heterocycles. The van der Waals surface area contributed by atoms with Crippen molar-refractivity contribution in [2.24, 2.45) is 9.98 Å². The number of nitrogens with one attached hydrogen (secondary N) is 2. The molecule has 0 spiro atoms. The van der Waals surface area contributed by atoms with Crippen molar-refractivity contribution in [1.29, 1.82) is 0 Å². The number of aryl methyl sites for hydroxylation is 1. The average Bonchev–Trinajstić information content (AvgIpc) is 3.16. The molecule has 7 heteroatoms. The molecule has 0 saturated heterocycles. The van der Waals surface area contributed by atoms with Crippen LogP contribution in [0.2, 0.25) is 0 Å². The fraction of sp³-hybridized carbons (Fsp3) is 0.545. The molecule has 4 rings (SSSR count). The van der Waals surface area contributed by atoms with E-state index in [-0.39, 0.29) is 56.9 Å². The van der Waals surface area contributed by atoms with Gasteiger partial charge in [-0.05, 0) is 56.7 Å². The van der Waals surface area contributed by atoms with Crippen LogP contribution in [0.15, 0.2) is 57.3 Å². The minimum atomic E-state index is 0. The van der Waals surface area contributed by atoms with Gasteiger partial charge in [-0.15, -0.1) is 11.8 Å². The molecule has 0 atom stereocenters. The Morgan fingerprint density at radius 1 is 1.12 bits per heavy atom. The second-order valence-electron chi connectivity index (χ2n) is 9.98. The van der Waals surface area contributed by atoms with E-state index in [0.717, 1.165) is 48.9 Å². The summed E-state index contributed by atoms with van der Waals surface area (Å²) < 4.78 is 0. The Kier molecular flexibility index (Phi) is 19.1. The van der Waals surface area contributed by atoms with E-state index in [1.54, 1.807) is 0 Å². The molecule has 1 heterocycles. The fourth-order valence-corrected chi connectivity index (χ4v) is 6.04. The first-order valence-electron chi connectivity index (χ1n) is 14.9. The van der Waals surface area contributed by atoms with Crippen LogP contribution in [0.5, 0.6) is 0 Å². The second-order valence-corrected chi connectivity index (χ2v) is 11.1. The molecule has 0 amide bonds. The Bertz CT molecular complexity index is 1040. The fourth-order valence-electron chi connectivity index (χ4n) is 4.98. The van der Waals surface area contributed by atoms with Crippen LogP contribution < -0.4 is 62.0 Å². The molecule has 2 N–H and O–H groups in total. The molecule has 2 aromatic rings. The molecule has 2 aliphatic rings. The standard InChI is InChI=1S/C29H40N5S.2C2H6.K/c1-5-9-23(3)33-29(14-8-15-29)20-31-28(25-18-22(2)12-13-26(25)30-4)32-21-34-16-17-35-27-11-7-6-10-24(27)19-34;2*1-2;/h6-7,10-13,18,33H,4-5,8-9,14-17,19-21H2,1-3H3,(H,31,32);2*1-2H3;/q-1;;;+1. The Labute approximate surface area is 292 Å². The summed E-state index contributed by atoms with van der Waals surface area (Å²) in [4.78, 5) is 13.3. The van der Waals surface area contributed by atoms with E-state index < -0.39 is 0 Å². The number of rotatable bonds is 10. The van der Waals surface area contributed by atoms with Crippen molar-refractivity contribution < 1.29 is 51.4 Å². The van der Waals surface area contributed by atoms with Gasteiger partial charge < -0.3 is 10.6 Å². The minimum absolute atomic E-state index is 0. The summed E-state index contributed by atoms with van der Waals surface area (Å²) >= 11 is 1.95. The predicted octanol–water partition coefficient (Wildman–Crippen LogP) is 5.15. The largest absolute Gasteiger partial charge is 1.00 e. The first-order valence-corrected chi connectivity index (χ1v) is 15.9. The van der Waals surface area contributed by atoms with E-state index in [4.69, 9.17) is 4.99 Å². The first kappa shape index (κ1) is 37.5. The third-order valence-corrected chi connectivity index (χ3v) is 8.14. The number of hydrogen-bond acceptors (Lipinski definition) is 5. The van der Waals surface area contributed by atoms with Crippen LogP contribution in [-0.4, -0.2) is 48.5 Å². The van der Waals surface area contributed by atoms with Crippen LogP contribution >= 0.6 is 11.8 Å². The molecule has 0 bridgehead atoms. The quantitative estimate of drug-likeness (QED) is 0.174. The summed E-state index contributed by atoms with van der Waals surface area (Å²) in [5.74, 6) is 2.00. The van der Waals surface area contributed by atoms with Gasteiger partial charge >= 0.3 is 51.4 Å². The topological polar surface area (TPSA) is 52.0 Å². The predicted molar refractivity (Wildman–Crippen MR) is 174 cm³/mol. The number of benzene rings is 2. The van der Waals surface area contributed by atoms with Crippen LogP contribution in [0.1, 0.15) is 90.3 Å². The van der Waals surface area contributed by atoms with Gasteiger partial charge in [-0.3, -0.25) is 20.9 Å². The zero-order valence-corrected chi connectivity index (χ0v) is 30.5. The molecule has 40 heavy (non-hydrogen) atoms. The summed E-state index contributed by atoms with van der Waals surface area (Å²) in [6.45, 7) is 21.9. The van der Waals surface area contributed by atoms with Gasteiger partial charge in [0.15, 0.2) is 0 Å². The Balaban J connectivity index is 0.00000153. The third kappa shape index (κ3) is 11.3. The second kappa shape index (κ2) is 20.4. The van der Waals surface area contributed by atoms with Gasteiger partial charge in [0.2, 0.25) is 0 Å². The zero-order chi connectivity index (χ0) is 28.7. The smallest absolute Gasteiger partial charge is 0.461 e. The normalized spacial score (nSPS) is 16.1. The van der Waals surface area contributed by atoms with Gasteiger partial charge in [-0.1, -0.05) is 70.9 Å². The van der Waals surface area contributed by atoms with Gasteiger partial charge in [0, 0.05) is 41.4 Å². The molecule has 216 valence electrons. The van der Waals surface area contributed by atoms with Crippen LogP contribution in [0.3, 0.4) is 0 Å².